The minimum absolute atomic E-state index is 0.750. The van der Waals surface area contributed by atoms with Gasteiger partial charge in [-0.2, -0.15) is 5.10 Å². The second-order valence-electron chi connectivity index (χ2n) is 7.01. The topological polar surface area (TPSA) is 27.1 Å². The van der Waals surface area contributed by atoms with E-state index in [0.717, 1.165) is 30.8 Å². The van der Waals surface area contributed by atoms with Gasteiger partial charge in [-0.3, -0.25) is 4.68 Å². The lowest BCUT2D eigenvalue weighted by atomic mass is 9.86. The third-order valence-corrected chi connectivity index (χ3v) is 5.39. The highest BCUT2D eigenvalue weighted by atomic mass is 16.5. The van der Waals surface area contributed by atoms with E-state index >= 15 is 0 Å². The predicted octanol–water partition coefficient (Wildman–Crippen LogP) is 4.46. The fourth-order valence-electron chi connectivity index (χ4n) is 4.05. The second-order valence-corrected chi connectivity index (χ2v) is 7.01. The van der Waals surface area contributed by atoms with Gasteiger partial charge >= 0.3 is 0 Å². The van der Waals surface area contributed by atoms with Crippen LogP contribution in [0.25, 0.3) is 11.3 Å². The Labute approximate surface area is 161 Å². The molecule has 1 fully saturated rings. The lowest BCUT2D eigenvalue weighted by Crippen LogP contribution is -2.12. The number of methoxy groups -OCH3 is 1. The van der Waals surface area contributed by atoms with Crippen molar-refractivity contribution in [3.05, 3.63) is 103 Å². The fraction of sp³-hybridized carbons (Fsp3) is 0.167. The first-order chi connectivity index (χ1) is 13.3. The Bertz CT molecular complexity index is 949. The molecular formula is C24H21N2O. The third-order valence-electron chi connectivity index (χ3n) is 5.39. The monoisotopic (exact) mass is 353 g/mol. The molecule has 3 nitrogen and oxygen atoms in total. The Morgan fingerprint density at radius 1 is 0.963 bits per heavy atom. The van der Waals surface area contributed by atoms with Crippen molar-refractivity contribution < 1.29 is 4.74 Å². The van der Waals surface area contributed by atoms with Crippen LogP contribution in [-0.2, 0) is 19.4 Å². The molecule has 2 aliphatic rings. The lowest BCUT2D eigenvalue weighted by molar-refractivity contribution is 0.414. The van der Waals surface area contributed by atoms with Crippen molar-refractivity contribution in [2.45, 2.75) is 19.4 Å². The Hall–Kier alpha value is -2.55. The molecule has 27 heavy (non-hydrogen) atoms. The summed E-state index contributed by atoms with van der Waals surface area (Å²) in [7, 11) is 1.70. The number of nitrogens with zero attached hydrogens (tertiary/aromatic N) is 2. The summed E-state index contributed by atoms with van der Waals surface area (Å²) in [6.07, 6.45) is 10.7. The molecule has 2 aliphatic carbocycles. The van der Waals surface area contributed by atoms with Crippen molar-refractivity contribution in [1.29, 1.82) is 0 Å². The minimum atomic E-state index is 0.750. The van der Waals surface area contributed by atoms with Gasteiger partial charge in [-0.25, -0.2) is 0 Å². The van der Waals surface area contributed by atoms with Gasteiger partial charge in [-0.1, -0.05) is 36.4 Å². The first kappa shape index (κ1) is 16.6. The van der Waals surface area contributed by atoms with E-state index < -0.39 is 0 Å². The van der Waals surface area contributed by atoms with Crippen LogP contribution in [0, 0.1) is 31.6 Å². The van der Waals surface area contributed by atoms with Gasteiger partial charge in [0.1, 0.15) is 5.75 Å². The zero-order chi connectivity index (χ0) is 18.2. The average molecular weight is 353 g/mol. The predicted molar refractivity (Wildman–Crippen MR) is 107 cm³/mol. The third kappa shape index (κ3) is 2.95. The molecule has 1 saturated carbocycles. The summed E-state index contributed by atoms with van der Waals surface area (Å²) in [4.78, 5) is 0. The first-order valence-electron chi connectivity index (χ1n) is 9.36. The Balaban J connectivity index is 1.59. The molecule has 0 N–H and O–H groups in total. The van der Waals surface area contributed by atoms with Gasteiger partial charge < -0.3 is 4.74 Å². The number of hydrogen-bond acceptors (Lipinski definition) is 2. The Kier molecular flexibility index (Phi) is 4.23. The molecule has 3 heteroatoms. The van der Waals surface area contributed by atoms with Crippen molar-refractivity contribution in [3.8, 4) is 17.0 Å². The molecule has 1 aromatic heterocycles. The molecule has 133 valence electrons. The zero-order valence-corrected chi connectivity index (χ0v) is 15.4. The summed E-state index contributed by atoms with van der Waals surface area (Å²) in [5.41, 5.74) is 7.65. The van der Waals surface area contributed by atoms with Crippen molar-refractivity contribution in [2.24, 2.45) is 0 Å². The van der Waals surface area contributed by atoms with E-state index in [4.69, 9.17) is 9.84 Å². The highest BCUT2D eigenvalue weighted by molar-refractivity contribution is 5.72. The zero-order valence-electron chi connectivity index (χ0n) is 15.4. The maximum atomic E-state index is 5.28. The van der Waals surface area contributed by atoms with Crippen LogP contribution in [0.3, 0.4) is 0 Å². The van der Waals surface area contributed by atoms with Gasteiger partial charge in [0.25, 0.3) is 0 Å². The van der Waals surface area contributed by atoms with E-state index in [1.54, 1.807) is 7.11 Å². The van der Waals surface area contributed by atoms with Gasteiger partial charge in [0, 0.05) is 17.0 Å². The summed E-state index contributed by atoms with van der Waals surface area (Å²) in [5.74, 6) is 2.13. The number of aromatic nitrogens is 2. The number of rotatable bonds is 4. The smallest absolute Gasteiger partial charge is 0.118 e. The van der Waals surface area contributed by atoms with Crippen LogP contribution >= 0.6 is 0 Å². The largest absolute Gasteiger partial charge is 0.497 e. The van der Waals surface area contributed by atoms with Crippen LogP contribution in [0.5, 0.6) is 5.75 Å². The number of hydrogen-bond donors (Lipinski definition) is 0. The van der Waals surface area contributed by atoms with Crippen LogP contribution in [0.2, 0.25) is 0 Å². The molecule has 0 saturated heterocycles. The molecule has 0 spiro atoms. The SMILES string of the molecule is COc1ccc(Cn2nc3c(c2[C]2[CH][CH][CH][CH]2)CCc2ccccc2-3)cc1. The highest BCUT2D eigenvalue weighted by Crippen LogP contribution is 2.40. The number of fused-ring (bicyclic) bond motifs is 3. The van der Waals surface area contributed by atoms with Gasteiger partial charge in [-0.15, -0.1) is 0 Å². The van der Waals surface area contributed by atoms with E-state index in [2.05, 4.69) is 66.8 Å². The van der Waals surface area contributed by atoms with Crippen molar-refractivity contribution in [1.82, 2.24) is 9.78 Å². The maximum Gasteiger partial charge on any atom is 0.118 e. The Morgan fingerprint density at radius 3 is 2.52 bits per heavy atom. The van der Waals surface area contributed by atoms with Crippen LogP contribution in [0.1, 0.15) is 22.4 Å². The summed E-state index contributed by atoms with van der Waals surface area (Å²) >= 11 is 0. The van der Waals surface area contributed by atoms with E-state index in [0.29, 0.717) is 0 Å². The summed E-state index contributed by atoms with van der Waals surface area (Å²) in [6, 6.07) is 16.9. The van der Waals surface area contributed by atoms with Crippen LogP contribution in [-0.4, -0.2) is 16.9 Å². The quantitative estimate of drug-likeness (QED) is 0.692. The minimum Gasteiger partial charge on any atom is -0.497 e. The molecular weight excluding hydrogens is 332 g/mol. The van der Waals surface area contributed by atoms with E-state index in [9.17, 15) is 0 Å². The molecule has 0 aliphatic heterocycles. The second kappa shape index (κ2) is 6.88. The van der Waals surface area contributed by atoms with Crippen molar-refractivity contribution in [3.63, 3.8) is 0 Å². The number of benzene rings is 2. The average Bonchev–Trinajstić information content (AvgIpc) is 3.36. The molecule has 0 bridgehead atoms. The lowest BCUT2D eigenvalue weighted by Gasteiger charge is -2.18. The van der Waals surface area contributed by atoms with Gasteiger partial charge in [-0.05, 0) is 61.8 Å². The van der Waals surface area contributed by atoms with E-state index in [1.165, 1.54) is 33.9 Å². The molecule has 0 atom stereocenters. The number of ether oxygens (including phenoxy) is 1. The van der Waals surface area contributed by atoms with Crippen LogP contribution < -0.4 is 4.74 Å². The molecule has 3 aromatic rings. The fourth-order valence-corrected chi connectivity index (χ4v) is 4.05. The van der Waals surface area contributed by atoms with Crippen LogP contribution in [0.15, 0.2) is 48.5 Å². The molecule has 0 amide bonds. The molecule has 2 aromatic carbocycles. The van der Waals surface area contributed by atoms with Crippen molar-refractivity contribution >= 4 is 0 Å². The molecule has 0 unspecified atom stereocenters. The van der Waals surface area contributed by atoms with Gasteiger partial charge in [0.15, 0.2) is 0 Å². The van der Waals surface area contributed by atoms with Crippen LogP contribution in [0.4, 0.5) is 0 Å². The highest BCUT2D eigenvalue weighted by Gasteiger charge is 2.31. The molecule has 1 heterocycles. The Morgan fingerprint density at radius 2 is 1.74 bits per heavy atom. The normalized spacial score (nSPS) is 16.2. The molecule has 5 radical (unpaired) electrons. The number of aryl methyl sites for hydroxylation is 1. The van der Waals surface area contributed by atoms with E-state index in [-0.39, 0.29) is 0 Å². The van der Waals surface area contributed by atoms with Crippen molar-refractivity contribution in [2.75, 3.05) is 7.11 Å². The maximum absolute atomic E-state index is 5.28. The standard InChI is InChI=1S/C24H21N2O/c1-27-20-13-10-17(11-14-20)16-26-24(19-7-2-3-8-19)22-15-12-18-6-4-5-9-21(18)23(22)25-26/h2-11,13-14H,12,15-16H2,1H3. The van der Waals surface area contributed by atoms with Gasteiger partial charge in [0.05, 0.1) is 25.0 Å². The molecule has 5 rings (SSSR count). The van der Waals surface area contributed by atoms with Gasteiger partial charge in [0.2, 0.25) is 0 Å². The summed E-state index contributed by atoms with van der Waals surface area (Å²) in [6.45, 7) is 0.750. The summed E-state index contributed by atoms with van der Waals surface area (Å²) in [5, 5.41) is 5.07. The summed E-state index contributed by atoms with van der Waals surface area (Å²) < 4.78 is 7.46. The first-order valence-corrected chi connectivity index (χ1v) is 9.36. The van der Waals surface area contributed by atoms with E-state index in [1.807, 2.05) is 12.1 Å².